The highest BCUT2D eigenvalue weighted by Gasteiger charge is 2.28. The van der Waals surface area contributed by atoms with E-state index in [1.807, 2.05) is 0 Å². The van der Waals surface area contributed by atoms with Crippen LogP contribution < -0.4 is 5.72 Å². The molecule has 1 aliphatic rings. The van der Waals surface area contributed by atoms with Gasteiger partial charge >= 0.3 is 7.12 Å². The number of aromatic nitrogens is 2. The van der Waals surface area contributed by atoms with Crippen molar-refractivity contribution in [2.75, 3.05) is 13.2 Å². The van der Waals surface area contributed by atoms with Gasteiger partial charge in [-0.15, -0.1) is 0 Å². The van der Waals surface area contributed by atoms with Gasteiger partial charge < -0.3 is 9.31 Å². The van der Waals surface area contributed by atoms with E-state index in [2.05, 4.69) is 9.97 Å². The Morgan fingerprint density at radius 1 is 1.18 bits per heavy atom. The SMILES string of the molecule is c1cnc(B2OCCO2)nc1. The molecule has 2 rings (SSSR count). The van der Waals surface area contributed by atoms with Crippen LogP contribution in [-0.4, -0.2) is 30.3 Å². The molecule has 1 aromatic rings. The molecule has 0 saturated carbocycles. The van der Waals surface area contributed by atoms with E-state index in [0.29, 0.717) is 18.9 Å². The van der Waals surface area contributed by atoms with Gasteiger partial charge in [0.2, 0.25) is 0 Å². The Labute approximate surface area is 64.7 Å². The molecule has 0 unspecified atom stereocenters. The fourth-order valence-electron chi connectivity index (χ4n) is 0.940. The lowest BCUT2D eigenvalue weighted by Gasteiger charge is -1.99. The fourth-order valence-corrected chi connectivity index (χ4v) is 0.940. The highest BCUT2D eigenvalue weighted by atomic mass is 16.6. The molecule has 0 bridgehead atoms. The quantitative estimate of drug-likeness (QED) is 0.492. The van der Waals surface area contributed by atoms with Crippen LogP contribution in [0.2, 0.25) is 0 Å². The van der Waals surface area contributed by atoms with Crippen molar-refractivity contribution in [1.82, 2.24) is 9.97 Å². The molecule has 1 saturated heterocycles. The van der Waals surface area contributed by atoms with Gasteiger partial charge in [0.15, 0.2) is 5.72 Å². The molecule has 1 aliphatic heterocycles. The number of hydrogen-bond donors (Lipinski definition) is 0. The van der Waals surface area contributed by atoms with Crippen molar-refractivity contribution in [2.24, 2.45) is 0 Å². The van der Waals surface area contributed by atoms with E-state index in [0.717, 1.165) is 0 Å². The third kappa shape index (κ3) is 1.39. The third-order valence-corrected chi connectivity index (χ3v) is 1.42. The van der Waals surface area contributed by atoms with E-state index in [4.69, 9.17) is 9.31 Å². The molecule has 0 radical (unpaired) electrons. The minimum absolute atomic E-state index is 0.351. The lowest BCUT2D eigenvalue weighted by molar-refractivity contribution is 0.365. The first kappa shape index (κ1) is 6.76. The fraction of sp³-hybridized carbons (Fsp3) is 0.333. The first-order chi connectivity index (χ1) is 5.47. The summed E-state index contributed by atoms with van der Waals surface area (Å²) in [6, 6.07) is 1.76. The first-order valence-electron chi connectivity index (χ1n) is 3.47. The summed E-state index contributed by atoms with van der Waals surface area (Å²) >= 11 is 0. The van der Waals surface area contributed by atoms with E-state index >= 15 is 0 Å². The maximum Gasteiger partial charge on any atom is 0.533 e. The van der Waals surface area contributed by atoms with Crippen molar-refractivity contribution < 1.29 is 9.31 Å². The molecular formula is C6H7BN2O2. The minimum atomic E-state index is -0.351. The topological polar surface area (TPSA) is 44.2 Å². The maximum atomic E-state index is 5.19. The number of nitrogens with zero attached hydrogens (tertiary/aromatic N) is 2. The summed E-state index contributed by atoms with van der Waals surface area (Å²) in [5.41, 5.74) is 0.602. The highest BCUT2D eigenvalue weighted by Crippen LogP contribution is 1.96. The molecule has 0 aromatic carbocycles. The van der Waals surface area contributed by atoms with Crippen LogP contribution in [0.4, 0.5) is 0 Å². The highest BCUT2D eigenvalue weighted by molar-refractivity contribution is 6.59. The third-order valence-electron chi connectivity index (χ3n) is 1.42. The Bertz CT molecular complexity index is 225. The van der Waals surface area contributed by atoms with Gasteiger partial charge in [0.05, 0.1) is 13.2 Å². The zero-order chi connectivity index (χ0) is 7.52. The van der Waals surface area contributed by atoms with Crippen molar-refractivity contribution in [2.45, 2.75) is 0 Å². The first-order valence-corrected chi connectivity index (χ1v) is 3.47. The van der Waals surface area contributed by atoms with Gasteiger partial charge in [0, 0.05) is 12.4 Å². The summed E-state index contributed by atoms with van der Waals surface area (Å²) < 4.78 is 10.4. The molecule has 2 heterocycles. The molecule has 4 nitrogen and oxygen atoms in total. The molecule has 11 heavy (non-hydrogen) atoms. The van der Waals surface area contributed by atoms with Crippen LogP contribution in [0.3, 0.4) is 0 Å². The van der Waals surface area contributed by atoms with E-state index in [1.54, 1.807) is 18.5 Å². The summed E-state index contributed by atoms with van der Waals surface area (Å²) in [4.78, 5) is 8.00. The van der Waals surface area contributed by atoms with Gasteiger partial charge in [-0.1, -0.05) is 0 Å². The Morgan fingerprint density at radius 2 is 1.82 bits per heavy atom. The van der Waals surface area contributed by atoms with Crippen molar-refractivity contribution in [3.8, 4) is 0 Å². The second-order valence-electron chi connectivity index (χ2n) is 2.18. The molecule has 0 N–H and O–H groups in total. The van der Waals surface area contributed by atoms with Crippen molar-refractivity contribution in [3.05, 3.63) is 18.5 Å². The van der Waals surface area contributed by atoms with E-state index < -0.39 is 0 Å². The van der Waals surface area contributed by atoms with E-state index in [-0.39, 0.29) is 7.12 Å². The van der Waals surface area contributed by atoms with E-state index in [9.17, 15) is 0 Å². The summed E-state index contributed by atoms with van der Waals surface area (Å²) in [7, 11) is -0.351. The minimum Gasteiger partial charge on any atom is -0.403 e. The largest absolute Gasteiger partial charge is 0.533 e. The average Bonchev–Trinajstić information content (AvgIpc) is 2.58. The molecule has 1 fully saturated rings. The van der Waals surface area contributed by atoms with E-state index in [1.165, 1.54) is 0 Å². The van der Waals surface area contributed by atoms with Crippen molar-refractivity contribution in [1.29, 1.82) is 0 Å². The average molecular weight is 150 g/mol. The van der Waals surface area contributed by atoms with Crippen LogP contribution in [0.1, 0.15) is 0 Å². The summed E-state index contributed by atoms with van der Waals surface area (Å²) in [6.45, 7) is 1.26. The second-order valence-corrected chi connectivity index (χ2v) is 2.18. The Kier molecular flexibility index (Phi) is 1.83. The number of hydrogen-bond acceptors (Lipinski definition) is 4. The predicted octanol–water partition coefficient (Wildman–Crippen LogP) is -0.781. The van der Waals surface area contributed by atoms with Gasteiger partial charge in [0.1, 0.15) is 0 Å². The summed E-state index contributed by atoms with van der Waals surface area (Å²) in [5, 5.41) is 0. The summed E-state index contributed by atoms with van der Waals surface area (Å²) in [5.74, 6) is 0. The normalized spacial score (nSPS) is 17.3. The van der Waals surface area contributed by atoms with Crippen LogP contribution >= 0.6 is 0 Å². The maximum absolute atomic E-state index is 5.19. The Balaban J connectivity index is 2.16. The molecule has 0 aliphatic carbocycles. The molecule has 5 heteroatoms. The van der Waals surface area contributed by atoms with Crippen LogP contribution in [0, 0.1) is 0 Å². The molecule has 0 amide bonds. The van der Waals surface area contributed by atoms with Gasteiger partial charge in [0.25, 0.3) is 0 Å². The van der Waals surface area contributed by atoms with Crippen LogP contribution in [0.5, 0.6) is 0 Å². The Hall–Kier alpha value is -0.935. The summed E-state index contributed by atoms with van der Waals surface area (Å²) in [6.07, 6.45) is 3.35. The zero-order valence-electron chi connectivity index (χ0n) is 5.93. The van der Waals surface area contributed by atoms with Crippen molar-refractivity contribution in [3.63, 3.8) is 0 Å². The van der Waals surface area contributed by atoms with Gasteiger partial charge in [-0.3, -0.25) is 0 Å². The van der Waals surface area contributed by atoms with Crippen molar-refractivity contribution >= 4 is 12.8 Å². The smallest absolute Gasteiger partial charge is 0.403 e. The van der Waals surface area contributed by atoms with Crippen LogP contribution in [0.15, 0.2) is 18.5 Å². The monoisotopic (exact) mass is 150 g/mol. The van der Waals surface area contributed by atoms with Crippen LogP contribution in [-0.2, 0) is 9.31 Å². The van der Waals surface area contributed by atoms with Crippen LogP contribution in [0.25, 0.3) is 0 Å². The lowest BCUT2D eigenvalue weighted by atomic mass is 9.90. The molecular weight excluding hydrogens is 143 g/mol. The predicted molar refractivity (Wildman–Crippen MR) is 39.3 cm³/mol. The number of rotatable bonds is 1. The van der Waals surface area contributed by atoms with Gasteiger partial charge in [-0.05, 0) is 6.07 Å². The molecule has 56 valence electrons. The second kappa shape index (κ2) is 2.98. The van der Waals surface area contributed by atoms with Gasteiger partial charge in [-0.25, -0.2) is 9.97 Å². The zero-order valence-corrected chi connectivity index (χ0v) is 5.93. The molecule has 0 spiro atoms. The Morgan fingerprint density at radius 3 is 2.45 bits per heavy atom. The molecule has 1 aromatic heterocycles. The molecule has 0 atom stereocenters. The standard InChI is InChI=1S/C6H7BN2O2/c1-2-8-6(9-3-1)7-10-4-5-11-7/h1-3H,4-5H2. The lowest BCUT2D eigenvalue weighted by Crippen LogP contribution is -2.36. The van der Waals surface area contributed by atoms with Gasteiger partial charge in [-0.2, -0.15) is 0 Å².